The van der Waals surface area contributed by atoms with E-state index in [1.165, 1.54) is 12.1 Å². The highest BCUT2D eigenvalue weighted by Gasteiger charge is 2.12. The largest absolute Gasteiger partial charge is 0.493 e. The predicted molar refractivity (Wildman–Crippen MR) is 102 cm³/mol. The third-order valence-corrected chi connectivity index (χ3v) is 3.62. The molecule has 0 saturated heterocycles. The molecule has 2 aromatic rings. The second kappa shape index (κ2) is 9.60. The van der Waals surface area contributed by atoms with E-state index in [2.05, 4.69) is 5.32 Å². The number of rotatable bonds is 7. The Kier molecular flexibility index (Phi) is 7.21. The lowest BCUT2D eigenvalue weighted by atomic mass is 10.2. The molecule has 0 aliphatic heterocycles. The maximum Gasteiger partial charge on any atom is 0.338 e. The molecule has 2 rings (SSSR count). The van der Waals surface area contributed by atoms with Gasteiger partial charge in [-0.05, 0) is 48.4 Å². The van der Waals surface area contributed by atoms with Gasteiger partial charge in [0.05, 0.1) is 23.4 Å². The fourth-order valence-corrected chi connectivity index (χ4v) is 2.24. The highest BCUT2D eigenvalue weighted by molar-refractivity contribution is 6.31. The Bertz CT molecular complexity index is 857. The average Bonchev–Trinajstić information content (AvgIpc) is 2.65. The van der Waals surface area contributed by atoms with E-state index in [1.54, 1.807) is 30.3 Å². The number of amides is 1. The molecule has 0 atom stereocenters. The van der Waals surface area contributed by atoms with E-state index in [0.29, 0.717) is 28.9 Å². The van der Waals surface area contributed by atoms with Crippen LogP contribution >= 0.6 is 11.6 Å². The summed E-state index contributed by atoms with van der Waals surface area (Å²) in [6.07, 6.45) is 0. The molecule has 1 amide bonds. The number of anilines is 1. The molecule has 27 heavy (non-hydrogen) atoms. The van der Waals surface area contributed by atoms with E-state index in [9.17, 15) is 9.59 Å². The van der Waals surface area contributed by atoms with Crippen LogP contribution in [0.3, 0.4) is 0 Å². The molecule has 0 aliphatic carbocycles. The molecule has 2 aromatic carbocycles. The monoisotopic (exact) mass is 386 g/mol. The SMILES string of the molecule is CC(C)COc1ccc(C(=O)OCC(=O)Nc2cc(Cl)ccc2C#N)cc1. The van der Waals surface area contributed by atoms with Gasteiger partial charge in [-0.2, -0.15) is 5.26 Å². The number of halogens is 1. The number of nitriles is 1. The zero-order valence-corrected chi connectivity index (χ0v) is 15.7. The van der Waals surface area contributed by atoms with Crippen LogP contribution in [0.5, 0.6) is 5.75 Å². The Balaban J connectivity index is 1.89. The molecule has 0 fully saturated rings. The topological polar surface area (TPSA) is 88.4 Å². The van der Waals surface area contributed by atoms with Crippen LogP contribution in [0.25, 0.3) is 0 Å². The van der Waals surface area contributed by atoms with Crippen molar-refractivity contribution in [1.82, 2.24) is 0 Å². The highest BCUT2D eigenvalue weighted by Crippen LogP contribution is 2.20. The van der Waals surface area contributed by atoms with Crippen molar-refractivity contribution in [2.24, 2.45) is 5.92 Å². The first-order valence-corrected chi connectivity index (χ1v) is 8.66. The van der Waals surface area contributed by atoms with Crippen molar-refractivity contribution in [1.29, 1.82) is 5.26 Å². The summed E-state index contributed by atoms with van der Waals surface area (Å²) < 4.78 is 10.5. The number of carbonyl (C=O) groups is 2. The Morgan fingerprint density at radius 2 is 1.89 bits per heavy atom. The van der Waals surface area contributed by atoms with Gasteiger partial charge in [-0.1, -0.05) is 25.4 Å². The number of benzene rings is 2. The van der Waals surface area contributed by atoms with Crippen molar-refractivity contribution in [2.45, 2.75) is 13.8 Å². The summed E-state index contributed by atoms with van der Waals surface area (Å²) in [6, 6.07) is 12.9. The molecule has 1 N–H and O–H groups in total. The first-order chi connectivity index (χ1) is 12.9. The summed E-state index contributed by atoms with van der Waals surface area (Å²) >= 11 is 5.86. The summed E-state index contributed by atoms with van der Waals surface area (Å²) in [5, 5.41) is 11.9. The zero-order valence-electron chi connectivity index (χ0n) is 15.0. The zero-order chi connectivity index (χ0) is 19.8. The maximum atomic E-state index is 12.0. The molecular formula is C20H19ClN2O4. The van der Waals surface area contributed by atoms with Crippen LogP contribution in [-0.4, -0.2) is 25.1 Å². The van der Waals surface area contributed by atoms with Gasteiger partial charge in [-0.3, -0.25) is 4.79 Å². The normalized spacial score (nSPS) is 10.2. The Hall–Kier alpha value is -3.04. The number of nitrogens with one attached hydrogen (secondary N) is 1. The van der Waals surface area contributed by atoms with E-state index < -0.39 is 18.5 Å². The number of nitrogens with zero attached hydrogens (tertiary/aromatic N) is 1. The van der Waals surface area contributed by atoms with E-state index in [0.717, 1.165) is 0 Å². The van der Waals surface area contributed by atoms with Crippen molar-refractivity contribution in [3.05, 3.63) is 58.6 Å². The number of carbonyl (C=O) groups excluding carboxylic acids is 2. The average molecular weight is 387 g/mol. The van der Waals surface area contributed by atoms with Crippen molar-refractivity contribution in [2.75, 3.05) is 18.5 Å². The van der Waals surface area contributed by atoms with E-state index in [-0.39, 0.29) is 11.3 Å². The minimum atomic E-state index is -0.632. The Morgan fingerprint density at radius 1 is 1.19 bits per heavy atom. The molecule has 0 radical (unpaired) electrons. The molecule has 0 bridgehead atoms. The number of esters is 1. The van der Waals surface area contributed by atoms with Crippen LogP contribution < -0.4 is 10.1 Å². The Labute approximate surface area is 162 Å². The van der Waals surface area contributed by atoms with Gasteiger partial charge < -0.3 is 14.8 Å². The smallest absolute Gasteiger partial charge is 0.338 e. The fourth-order valence-electron chi connectivity index (χ4n) is 2.07. The molecule has 0 heterocycles. The second-order valence-corrected chi connectivity index (χ2v) is 6.59. The van der Waals surface area contributed by atoms with Gasteiger partial charge >= 0.3 is 5.97 Å². The van der Waals surface area contributed by atoms with E-state index in [1.807, 2.05) is 19.9 Å². The van der Waals surface area contributed by atoms with Gasteiger partial charge in [0.2, 0.25) is 0 Å². The van der Waals surface area contributed by atoms with Crippen LogP contribution in [0.1, 0.15) is 29.8 Å². The summed E-state index contributed by atoms with van der Waals surface area (Å²) in [4.78, 5) is 24.0. The maximum absolute atomic E-state index is 12.0. The van der Waals surface area contributed by atoms with Crippen molar-refractivity contribution < 1.29 is 19.1 Å². The molecule has 0 saturated carbocycles. The van der Waals surface area contributed by atoms with Gasteiger partial charge in [0.25, 0.3) is 5.91 Å². The number of ether oxygens (including phenoxy) is 2. The second-order valence-electron chi connectivity index (χ2n) is 6.16. The fraction of sp³-hybridized carbons (Fsp3) is 0.250. The highest BCUT2D eigenvalue weighted by atomic mass is 35.5. The number of hydrogen-bond acceptors (Lipinski definition) is 5. The molecule has 0 spiro atoms. The lowest BCUT2D eigenvalue weighted by molar-refractivity contribution is -0.119. The molecule has 140 valence electrons. The third kappa shape index (κ3) is 6.32. The molecule has 0 aliphatic rings. The van der Waals surface area contributed by atoms with E-state index >= 15 is 0 Å². The van der Waals surface area contributed by atoms with Gasteiger partial charge in [0.15, 0.2) is 6.61 Å². The van der Waals surface area contributed by atoms with Crippen LogP contribution in [-0.2, 0) is 9.53 Å². The lowest BCUT2D eigenvalue weighted by Crippen LogP contribution is -2.21. The molecule has 0 unspecified atom stereocenters. The molecule has 6 nitrogen and oxygen atoms in total. The van der Waals surface area contributed by atoms with Crippen LogP contribution in [0, 0.1) is 17.2 Å². The quantitative estimate of drug-likeness (QED) is 0.725. The van der Waals surface area contributed by atoms with Gasteiger partial charge in [-0.15, -0.1) is 0 Å². The minimum Gasteiger partial charge on any atom is -0.493 e. The lowest BCUT2D eigenvalue weighted by Gasteiger charge is -2.10. The van der Waals surface area contributed by atoms with Gasteiger partial charge in [0, 0.05) is 5.02 Å². The number of hydrogen-bond donors (Lipinski definition) is 1. The summed E-state index contributed by atoms with van der Waals surface area (Å²) in [5.74, 6) is -0.150. The standard InChI is InChI=1S/C20H19ClN2O4/c1-13(2)11-26-17-7-4-14(5-8-17)20(25)27-12-19(24)23-18-9-16(21)6-3-15(18)10-22/h3-9,13H,11-12H2,1-2H3,(H,23,24). The van der Waals surface area contributed by atoms with E-state index in [4.69, 9.17) is 26.3 Å². The summed E-state index contributed by atoms with van der Waals surface area (Å²) in [6.45, 7) is 4.18. The van der Waals surface area contributed by atoms with Crippen molar-refractivity contribution in [3.8, 4) is 11.8 Å². The van der Waals surface area contributed by atoms with Gasteiger partial charge in [0.1, 0.15) is 11.8 Å². The van der Waals surface area contributed by atoms with Crippen LogP contribution in [0.4, 0.5) is 5.69 Å². The summed E-state index contributed by atoms with van der Waals surface area (Å²) in [7, 11) is 0. The third-order valence-electron chi connectivity index (χ3n) is 3.38. The molecule has 0 aromatic heterocycles. The first kappa shape index (κ1) is 20.3. The molecular weight excluding hydrogens is 368 g/mol. The van der Waals surface area contributed by atoms with Crippen LogP contribution in [0.15, 0.2) is 42.5 Å². The van der Waals surface area contributed by atoms with Crippen LogP contribution in [0.2, 0.25) is 5.02 Å². The van der Waals surface area contributed by atoms with Crippen molar-refractivity contribution in [3.63, 3.8) is 0 Å². The van der Waals surface area contributed by atoms with Crippen molar-refractivity contribution >= 4 is 29.2 Å². The van der Waals surface area contributed by atoms with Gasteiger partial charge in [-0.25, -0.2) is 4.79 Å². The minimum absolute atomic E-state index is 0.260. The molecule has 7 heteroatoms. The Morgan fingerprint density at radius 3 is 2.52 bits per heavy atom. The predicted octanol–water partition coefficient (Wildman–Crippen LogP) is 4.04. The summed E-state index contributed by atoms with van der Waals surface area (Å²) in [5.41, 5.74) is 0.828. The first-order valence-electron chi connectivity index (χ1n) is 8.28.